The zero-order valence-corrected chi connectivity index (χ0v) is 41.2. The largest absolute Gasteiger partial charge is 0.394 e. The van der Waals surface area contributed by atoms with Gasteiger partial charge in [-0.05, 0) is 77.0 Å². The fraction of sp³-hybridized carbons (Fsp3) is 0.807. The lowest BCUT2D eigenvalue weighted by atomic mass is 10.0. The van der Waals surface area contributed by atoms with Crippen LogP contribution in [0, 0.1) is 0 Å². The molecule has 0 rings (SSSR count). The maximum absolute atomic E-state index is 12.5. The minimum Gasteiger partial charge on any atom is -0.394 e. The number of carbonyl (C=O) groups is 1. The average molecular weight is 868 g/mol. The van der Waals surface area contributed by atoms with Crippen LogP contribution >= 0.6 is 0 Å². The number of carbonyl (C=O) groups excluding carboxylic acids is 1. The molecule has 4 N–H and O–H groups in total. The van der Waals surface area contributed by atoms with E-state index in [1.54, 1.807) is 6.08 Å². The van der Waals surface area contributed by atoms with Crippen molar-refractivity contribution in [1.29, 1.82) is 0 Å². The third kappa shape index (κ3) is 46.1. The molecular formula is C57H105NO4. The van der Waals surface area contributed by atoms with Crippen LogP contribution < -0.4 is 5.32 Å². The second-order valence-corrected chi connectivity index (χ2v) is 18.4. The summed E-state index contributed by atoms with van der Waals surface area (Å²) in [5, 5.41) is 33.2. The van der Waals surface area contributed by atoms with Crippen molar-refractivity contribution in [2.24, 2.45) is 0 Å². The number of rotatable bonds is 49. The van der Waals surface area contributed by atoms with E-state index in [1.165, 1.54) is 199 Å². The van der Waals surface area contributed by atoms with Gasteiger partial charge in [-0.1, -0.05) is 254 Å². The minimum atomic E-state index is -1.11. The molecule has 0 aliphatic heterocycles. The van der Waals surface area contributed by atoms with E-state index in [2.05, 4.69) is 67.8 Å². The molecule has 0 aliphatic rings. The quantitative estimate of drug-likeness (QED) is 0.0362. The van der Waals surface area contributed by atoms with E-state index in [0.717, 1.165) is 51.4 Å². The van der Waals surface area contributed by atoms with E-state index in [9.17, 15) is 20.1 Å². The fourth-order valence-corrected chi connectivity index (χ4v) is 8.07. The molecule has 0 bridgehead atoms. The van der Waals surface area contributed by atoms with Gasteiger partial charge in [0.25, 0.3) is 0 Å². The number of hydrogen-bond donors (Lipinski definition) is 4. The summed E-state index contributed by atoms with van der Waals surface area (Å²) in [4.78, 5) is 12.5. The van der Waals surface area contributed by atoms with Crippen LogP contribution in [0.15, 0.2) is 60.8 Å². The monoisotopic (exact) mass is 868 g/mol. The number of aliphatic hydroxyl groups is 3. The normalized spacial score (nSPS) is 13.8. The highest BCUT2D eigenvalue weighted by Crippen LogP contribution is 2.16. The van der Waals surface area contributed by atoms with Crippen molar-refractivity contribution >= 4 is 5.91 Å². The molecule has 0 saturated heterocycles. The molecule has 0 aromatic rings. The predicted molar refractivity (Wildman–Crippen MR) is 273 cm³/mol. The summed E-state index contributed by atoms with van der Waals surface area (Å²) in [6, 6.07) is -0.822. The second-order valence-electron chi connectivity index (χ2n) is 18.4. The van der Waals surface area contributed by atoms with Gasteiger partial charge in [0.2, 0.25) is 5.91 Å². The van der Waals surface area contributed by atoms with Gasteiger partial charge in [0.05, 0.1) is 18.8 Å². The number of allylic oxidation sites excluding steroid dienone is 9. The first-order chi connectivity index (χ1) is 30.6. The summed E-state index contributed by atoms with van der Waals surface area (Å²) < 4.78 is 0. The molecular weight excluding hydrogens is 763 g/mol. The molecule has 0 aliphatic carbocycles. The highest BCUT2D eigenvalue weighted by Gasteiger charge is 2.22. The molecule has 0 aromatic carbocycles. The predicted octanol–water partition coefficient (Wildman–Crippen LogP) is 16.6. The minimum absolute atomic E-state index is 0.382. The molecule has 0 saturated carbocycles. The Morgan fingerprint density at radius 2 is 0.710 bits per heavy atom. The summed E-state index contributed by atoms with van der Waals surface area (Å²) in [6.07, 6.45) is 70.2. The van der Waals surface area contributed by atoms with Crippen molar-refractivity contribution in [3.63, 3.8) is 0 Å². The first kappa shape index (κ1) is 60.1. The van der Waals surface area contributed by atoms with E-state index in [-0.39, 0.29) is 6.61 Å². The number of hydrogen-bond acceptors (Lipinski definition) is 4. The van der Waals surface area contributed by atoms with Crippen LogP contribution in [0.5, 0.6) is 0 Å². The first-order valence-electron chi connectivity index (χ1n) is 27.1. The molecule has 0 fully saturated rings. The highest BCUT2D eigenvalue weighted by molar-refractivity contribution is 5.80. The lowest BCUT2D eigenvalue weighted by molar-refractivity contribution is -0.131. The molecule has 362 valence electrons. The van der Waals surface area contributed by atoms with Gasteiger partial charge in [-0.3, -0.25) is 4.79 Å². The van der Waals surface area contributed by atoms with Gasteiger partial charge >= 0.3 is 0 Å². The number of nitrogens with one attached hydrogen (secondary N) is 1. The lowest BCUT2D eigenvalue weighted by Gasteiger charge is -2.21. The SMILES string of the molecule is CCCCCC/C=C/CC/C=C/CC/C=C/C(O)C(CO)NC(=O)C(O)CCCCCCCCCCCCCCCCCC/C=C\C/C=C\CCCCCCCCCCCCC. The molecule has 5 nitrogen and oxygen atoms in total. The molecule has 5 heteroatoms. The Labute approximate surface area is 386 Å². The van der Waals surface area contributed by atoms with Crippen molar-refractivity contribution in [1.82, 2.24) is 5.32 Å². The zero-order chi connectivity index (χ0) is 45.1. The van der Waals surface area contributed by atoms with E-state index >= 15 is 0 Å². The smallest absolute Gasteiger partial charge is 0.249 e. The summed E-state index contributed by atoms with van der Waals surface area (Å²) in [5.41, 5.74) is 0. The van der Waals surface area contributed by atoms with Crippen LogP contribution in [0.1, 0.15) is 271 Å². The molecule has 0 spiro atoms. The van der Waals surface area contributed by atoms with E-state index < -0.39 is 24.2 Å². The molecule has 0 aromatic heterocycles. The summed E-state index contributed by atoms with van der Waals surface area (Å²) in [5.74, 6) is -0.517. The average Bonchev–Trinajstić information content (AvgIpc) is 3.28. The molecule has 3 atom stereocenters. The Kier molecular flexibility index (Phi) is 50.1. The number of aliphatic hydroxyl groups excluding tert-OH is 3. The Morgan fingerprint density at radius 1 is 0.403 bits per heavy atom. The number of amides is 1. The second kappa shape index (κ2) is 51.7. The van der Waals surface area contributed by atoms with Gasteiger partial charge in [0, 0.05) is 0 Å². The molecule has 0 heterocycles. The van der Waals surface area contributed by atoms with Crippen molar-refractivity contribution in [3.05, 3.63) is 60.8 Å². The lowest BCUT2D eigenvalue weighted by Crippen LogP contribution is -2.48. The summed E-state index contributed by atoms with van der Waals surface area (Å²) in [6.45, 7) is 4.15. The third-order valence-corrected chi connectivity index (χ3v) is 12.3. The molecule has 1 amide bonds. The van der Waals surface area contributed by atoms with Gasteiger partial charge in [0.1, 0.15) is 6.10 Å². The third-order valence-electron chi connectivity index (χ3n) is 12.3. The van der Waals surface area contributed by atoms with E-state index in [0.29, 0.717) is 6.42 Å². The van der Waals surface area contributed by atoms with Crippen LogP contribution in [0.2, 0.25) is 0 Å². The molecule has 0 radical (unpaired) electrons. The van der Waals surface area contributed by atoms with Crippen LogP contribution in [0.25, 0.3) is 0 Å². The number of unbranched alkanes of at least 4 members (excludes halogenated alkanes) is 33. The standard InChI is InChI=1S/C57H105NO4/c1-3-5-7-9-11-13-15-17-19-20-21-22-23-24-25-26-27-28-29-30-31-32-33-34-35-36-37-38-40-42-44-46-48-50-52-56(61)57(62)58-54(53-59)55(60)51-49-47-45-43-41-39-18-16-14-12-10-8-6-4-2/h14,16,23-24,26-27,41,43,49,51,54-56,59-61H,3-13,15,17-22,25,28-40,42,44-48,50,52-53H2,1-2H3,(H,58,62)/b16-14+,24-23-,27-26-,43-41+,51-49+. The fourth-order valence-electron chi connectivity index (χ4n) is 8.07. The molecule has 62 heavy (non-hydrogen) atoms. The Balaban J connectivity index is 3.56. The molecule has 3 unspecified atom stereocenters. The van der Waals surface area contributed by atoms with Crippen LogP contribution in [0.4, 0.5) is 0 Å². The zero-order valence-electron chi connectivity index (χ0n) is 41.2. The van der Waals surface area contributed by atoms with Crippen LogP contribution in [-0.4, -0.2) is 46.1 Å². The maximum atomic E-state index is 12.5. The van der Waals surface area contributed by atoms with Gasteiger partial charge in [-0.25, -0.2) is 0 Å². The van der Waals surface area contributed by atoms with Gasteiger partial charge in [0.15, 0.2) is 0 Å². The van der Waals surface area contributed by atoms with Crippen LogP contribution in [0.3, 0.4) is 0 Å². The maximum Gasteiger partial charge on any atom is 0.249 e. The van der Waals surface area contributed by atoms with Crippen LogP contribution in [-0.2, 0) is 4.79 Å². The van der Waals surface area contributed by atoms with Gasteiger partial charge < -0.3 is 20.6 Å². The van der Waals surface area contributed by atoms with Crippen molar-refractivity contribution in [3.8, 4) is 0 Å². The topological polar surface area (TPSA) is 89.8 Å². The summed E-state index contributed by atoms with van der Waals surface area (Å²) in [7, 11) is 0. The summed E-state index contributed by atoms with van der Waals surface area (Å²) >= 11 is 0. The van der Waals surface area contributed by atoms with E-state index in [1.807, 2.05) is 6.08 Å². The van der Waals surface area contributed by atoms with Gasteiger partial charge in [-0.2, -0.15) is 0 Å². The van der Waals surface area contributed by atoms with E-state index in [4.69, 9.17) is 0 Å². The Bertz CT molecular complexity index is 1050. The van der Waals surface area contributed by atoms with Crippen molar-refractivity contribution in [2.45, 2.75) is 289 Å². The Hall–Kier alpha value is -1.95. The van der Waals surface area contributed by atoms with Crippen molar-refractivity contribution in [2.75, 3.05) is 6.61 Å². The highest BCUT2D eigenvalue weighted by atomic mass is 16.3. The van der Waals surface area contributed by atoms with Crippen molar-refractivity contribution < 1.29 is 20.1 Å². The van der Waals surface area contributed by atoms with Gasteiger partial charge in [-0.15, -0.1) is 0 Å². The Morgan fingerprint density at radius 3 is 1.10 bits per heavy atom. The first-order valence-corrected chi connectivity index (χ1v) is 27.1.